The number of amides is 1. The molecule has 4 nitrogen and oxygen atoms in total. The molecule has 1 spiro atoms. The summed E-state index contributed by atoms with van der Waals surface area (Å²) in [6, 6.07) is 0. The molecule has 3 N–H and O–H groups in total. The third kappa shape index (κ3) is 4.18. The molecule has 1 saturated heterocycles. The largest absolute Gasteiger partial charge is 0.370 e. The SMILES string of the molecule is CC(C)(CC(N)=O)NCC1CCC2(CCCCC2)O1. The van der Waals surface area contributed by atoms with Crippen molar-refractivity contribution in [2.24, 2.45) is 5.73 Å². The summed E-state index contributed by atoms with van der Waals surface area (Å²) in [6.07, 6.45) is 9.45. The fourth-order valence-corrected chi connectivity index (χ4v) is 3.49. The molecular weight excluding hydrogens is 240 g/mol. The van der Waals surface area contributed by atoms with E-state index in [1.165, 1.54) is 38.5 Å². The van der Waals surface area contributed by atoms with Crippen LogP contribution in [0.5, 0.6) is 0 Å². The van der Waals surface area contributed by atoms with Crippen LogP contribution in [0.25, 0.3) is 0 Å². The van der Waals surface area contributed by atoms with E-state index in [0.29, 0.717) is 12.5 Å². The number of ether oxygens (including phenoxy) is 1. The van der Waals surface area contributed by atoms with E-state index in [1.807, 2.05) is 13.8 Å². The van der Waals surface area contributed by atoms with Gasteiger partial charge in [-0.25, -0.2) is 0 Å². The normalized spacial score (nSPS) is 26.7. The summed E-state index contributed by atoms with van der Waals surface area (Å²) in [5.41, 5.74) is 5.20. The van der Waals surface area contributed by atoms with Crippen molar-refractivity contribution in [1.82, 2.24) is 5.32 Å². The van der Waals surface area contributed by atoms with E-state index < -0.39 is 0 Å². The van der Waals surface area contributed by atoms with Crippen LogP contribution in [0.1, 0.15) is 65.2 Å². The lowest BCUT2D eigenvalue weighted by atomic mass is 9.83. The fraction of sp³-hybridized carbons (Fsp3) is 0.933. The first-order chi connectivity index (χ1) is 8.91. The Morgan fingerprint density at radius 1 is 1.32 bits per heavy atom. The Morgan fingerprint density at radius 3 is 2.63 bits per heavy atom. The van der Waals surface area contributed by atoms with E-state index in [4.69, 9.17) is 10.5 Å². The fourth-order valence-electron chi connectivity index (χ4n) is 3.49. The minimum absolute atomic E-state index is 0.179. The van der Waals surface area contributed by atoms with Crippen LogP contribution in [0, 0.1) is 0 Å². The van der Waals surface area contributed by atoms with Crippen molar-refractivity contribution in [3.05, 3.63) is 0 Å². The van der Waals surface area contributed by atoms with Gasteiger partial charge in [-0.3, -0.25) is 4.79 Å². The number of rotatable bonds is 5. The van der Waals surface area contributed by atoms with Gasteiger partial charge >= 0.3 is 0 Å². The summed E-state index contributed by atoms with van der Waals surface area (Å²) in [6.45, 7) is 4.86. The highest BCUT2D eigenvalue weighted by atomic mass is 16.5. The molecular formula is C15H28N2O2. The second kappa shape index (κ2) is 5.80. The van der Waals surface area contributed by atoms with Crippen LogP contribution in [0.15, 0.2) is 0 Å². The smallest absolute Gasteiger partial charge is 0.219 e. The molecule has 2 aliphatic rings. The summed E-state index contributed by atoms with van der Waals surface area (Å²) in [4.78, 5) is 11.0. The molecule has 0 aromatic carbocycles. The molecule has 1 aliphatic heterocycles. The topological polar surface area (TPSA) is 64.4 Å². The number of nitrogens with one attached hydrogen (secondary N) is 1. The molecule has 1 saturated carbocycles. The number of carbonyl (C=O) groups is 1. The molecule has 110 valence electrons. The summed E-state index contributed by atoms with van der Waals surface area (Å²) in [5.74, 6) is -0.256. The van der Waals surface area contributed by atoms with Gasteiger partial charge in [0.05, 0.1) is 11.7 Å². The molecule has 4 heteroatoms. The highest BCUT2D eigenvalue weighted by Crippen LogP contribution is 2.41. The number of primary amides is 1. The van der Waals surface area contributed by atoms with Gasteiger partial charge in [0.1, 0.15) is 0 Å². The van der Waals surface area contributed by atoms with E-state index in [1.54, 1.807) is 0 Å². The zero-order valence-corrected chi connectivity index (χ0v) is 12.3. The van der Waals surface area contributed by atoms with E-state index >= 15 is 0 Å². The van der Waals surface area contributed by atoms with Crippen molar-refractivity contribution in [2.75, 3.05) is 6.54 Å². The van der Waals surface area contributed by atoms with Gasteiger partial charge < -0.3 is 15.8 Å². The predicted octanol–water partition coefficient (Wildman–Crippen LogP) is 2.11. The molecule has 1 aliphatic carbocycles. The van der Waals surface area contributed by atoms with Crippen molar-refractivity contribution in [3.8, 4) is 0 Å². The molecule has 2 rings (SSSR count). The van der Waals surface area contributed by atoms with Crippen molar-refractivity contribution in [2.45, 2.75) is 82.5 Å². The first-order valence-corrected chi connectivity index (χ1v) is 7.62. The van der Waals surface area contributed by atoms with Crippen LogP contribution in [0.2, 0.25) is 0 Å². The van der Waals surface area contributed by atoms with Gasteiger partial charge in [-0.2, -0.15) is 0 Å². The van der Waals surface area contributed by atoms with Gasteiger partial charge in [0, 0.05) is 18.5 Å². The van der Waals surface area contributed by atoms with E-state index in [9.17, 15) is 4.79 Å². The van der Waals surface area contributed by atoms with Gasteiger partial charge in [0.2, 0.25) is 5.91 Å². The molecule has 19 heavy (non-hydrogen) atoms. The van der Waals surface area contributed by atoms with Crippen molar-refractivity contribution >= 4 is 5.91 Å². The van der Waals surface area contributed by atoms with Crippen LogP contribution >= 0.6 is 0 Å². The van der Waals surface area contributed by atoms with Crippen molar-refractivity contribution in [3.63, 3.8) is 0 Å². The van der Waals surface area contributed by atoms with Crippen LogP contribution in [0.3, 0.4) is 0 Å². The molecule has 1 heterocycles. The molecule has 1 atom stereocenters. The Bertz CT molecular complexity index is 322. The summed E-state index contributed by atoms with van der Waals surface area (Å²) >= 11 is 0. The number of nitrogens with two attached hydrogens (primary N) is 1. The van der Waals surface area contributed by atoms with Crippen LogP contribution < -0.4 is 11.1 Å². The number of hydrogen-bond donors (Lipinski definition) is 2. The van der Waals surface area contributed by atoms with Crippen LogP contribution in [-0.2, 0) is 9.53 Å². The second-order valence-corrected chi connectivity index (χ2v) is 6.93. The van der Waals surface area contributed by atoms with E-state index in [2.05, 4.69) is 5.32 Å². The number of carbonyl (C=O) groups excluding carboxylic acids is 1. The number of hydrogen-bond acceptors (Lipinski definition) is 3. The molecule has 1 unspecified atom stereocenters. The minimum atomic E-state index is -0.256. The monoisotopic (exact) mass is 268 g/mol. The van der Waals surface area contributed by atoms with E-state index in [0.717, 1.165) is 13.0 Å². The third-order valence-corrected chi connectivity index (χ3v) is 4.53. The third-order valence-electron chi connectivity index (χ3n) is 4.53. The van der Waals surface area contributed by atoms with Crippen molar-refractivity contribution < 1.29 is 9.53 Å². The Hall–Kier alpha value is -0.610. The Labute approximate surface area is 116 Å². The zero-order valence-electron chi connectivity index (χ0n) is 12.3. The first-order valence-electron chi connectivity index (χ1n) is 7.62. The maximum Gasteiger partial charge on any atom is 0.219 e. The lowest BCUT2D eigenvalue weighted by Gasteiger charge is -2.34. The molecule has 0 radical (unpaired) electrons. The lowest BCUT2D eigenvalue weighted by molar-refractivity contribution is -0.119. The second-order valence-electron chi connectivity index (χ2n) is 6.93. The quantitative estimate of drug-likeness (QED) is 0.802. The molecule has 1 amide bonds. The first kappa shape index (κ1) is 14.8. The molecule has 0 aromatic heterocycles. The van der Waals surface area contributed by atoms with Gasteiger partial charge in [-0.1, -0.05) is 19.3 Å². The zero-order chi connectivity index (χ0) is 13.9. The lowest BCUT2D eigenvalue weighted by Crippen LogP contribution is -2.46. The average Bonchev–Trinajstić information content (AvgIpc) is 2.69. The Balaban J connectivity index is 1.77. The highest BCUT2D eigenvalue weighted by Gasteiger charge is 2.40. The molecule has 2 fully saturated rings. The molecule has 0 aromatic rings. The van der Waals surface area contributed by atoms with Crippen LogP contribution in [-0.4, -0.2) is 29.7 Å². The minimum Gasteiger partial charge on any atom is -0.370 e. The maximum atomic E-state index is 11.0. The van der Waals surface area contributed by atoms with Gasteiger partial charge in [0.25, 0.3) is 0 Å². The maximum absolute atomic E-state index is 11.0. The Morgan fingerprint density at radius 2 is 2.00 bits per heavy atom. The van der Waals surface area contributed by atoms with Crippen molar-refractivity contribution in [1.29, 1.82) is 0 Å². The molecule has 0 bridgehead atoms. The van der Waals surface area contributed by atoms with Crippen LogP contribution in [0.4, 0.5) is 0 Å². The average molecular weight is 268 g/mol. The van der Waals surface area contributed by atoms with Gasteiger partial charge in [0.15, 0.2) is 0 Å². The van der Waals surface area contributed by atoms with Gasteiger partial charge in [-0.15, -0.1) is 0 Å². The summed E-state index contributed by atoms with van der Waals surface area (Å²) in [5, 5.41) is 3.43. The summed E-state index contributed by atoms with van der Waals surface area (Å²) in [7, 11) is 0. The Kier molecular flexibility index (Phi) is 4.51. The summed E-state index contributed by atoms with van der Waals surface area (Å²) < 4.78 is 6.31. The predicted molar refractivity (Wildman–Crippen MR) is 75.8 cm³/mol. The van der Waals surface area contributed by atoms with E-state index in [-0.39, 0.29) is 17.0 Å². The standard InChI is InChI=1S/C15H28N2O2/c1-14(2,10-13(16)18)17-11-12-6-9-15(19-12)7-4-3-5-8-15/h12,17H,3-11H2,1-2H3,(H2,16,18). The van der Waals surface area contributed by atoms with Gasteiger partial charge in [-0.05, 0) is 39.5 Å². The highest BCUT2D eigenvalue weighted by molar-refractivity contribution is 5.74.